The molecule has 0 spiro atoms. The van der Waals surface area contributed by atoms with E-state index < -0.39 is 30.4 Å². The summed E-state index contributed by atoms with van der Waals surface area (Å²) >= 11 is 0. The van der Waals surface area contributed by atoms with Crippen LogP contribution >= 0.6 is 0 Å². The Labute approximate surface area is 80.1 Å². The van der Waals surface area contributed by atoms with E-state index >= 15 is 0 Å². The number of amides is 2. The second-order valence-corrected chi connectivity index (χ2v) is 2.55. The average molecular weight is 204 g/mol. The van der Waals surface area contributed by atoms with Crippen LogP contribution < -0.4 is 10.6 Å². The fourth-order valence-corrected chi connectivity index (χ4v) is 0.636. The van der Waals surface area contributed by atoms with Crippen molar-refractivity contribution in [2.45, 2.75) is 13.0 Å². The van der Waals surface area contributed by atoms with Crippen LogP contribution in [0.1, 0.15) is 6.92 Å². The van der Waals surface area contributed by atoms with E-state index in [2.05, 4.69) is 5.32 Å². The van der Waals surface area contributed by atoms with Gasteiger partial charge in [0.05, 0.1) is 13.2 Å². The number of rotatable bonds is 5. The van der Waals surface area contributed by atoms with Crippen molar-refractivity contribution in [3.05, 3.63) is 0 Å². The number of hydrogen-bond donors (Lipinski definition) is 4. The summed E-state index contributed by atoms with van der Waals surface area (Å²) in [5, 5.41) is 21.2. The Morgan fingerprint density at radius 3 is 2.29 bits per heavy atom. The smallest absolute Gasteiger partial charge is 0.328 e. The highest BCUT2D eigenvalue weighted by atomic mass is 16.4. The van der Waals surface area contributed by atoms with E-state index in [1.807, 2.05) is 5.32 Å². The molecule has 7 nitrogen and oxygen atoms in total. The molecule has 0 bridgehead atoms. The summed E-state index contributed by atoms with van der Waals surface area (Å²) in [5.74, 6) is -2.39. The lowest BCUT2D eigenvalue weighted by Crippen LogP contribution is -2.47. The molecule has 0 radical (unpaired) electrons. The first-order chi connectivity index (χ1) is 6.47. The molecule has 7 heteroatoms. The number of aliphatic hydroxyl groups excluding tert-OH is 1. The van der Waals surface area contributed by atoms with Gasteiger partial charge in [-0.3, -0.25) is 9.59 Å². The average Bonchev–Trinajstić information content (AvgIpc) is 2.10. The highest BCUT2D eigenvalue weighted by molar-refractivity contribution is 5.87. The Bertz CT molecular complexity index is 240. The van der Waals surface area contributed by atoms with Gasteiger partial charge in [0, 0.05) is 6.92 Å². The first kappa shape index (κ1) is 12.4. The van der Waals surface area contributed by atoms with Gasteiger partial charge in [-0.05, 0) is 0 Å². The number of carboxylic acid groups (broad SMARTS) is 1. The van der Waals surface area contributed by atoms with Gasteiger partial charge in [-0.25, -0.2) is 4.79 Å². The van der Waals surface area contributed by atoms with Crippen LogP contribution in [0.5, 0.6) is 0 Å². The van der Waals surface area contributed by atoms with Crippen LogP contribution in [0.3, 0.4) is 0 Å². The third kappa shape index (κ3) is 5.09. The SMILES string of the molecule is CC(=O)NCC(=O)N[C@H](CO)C(=O)O. The van der Waals surface area contributed by atoms with E-state index in [0.717, 1.165) is 0 Å². The molecule has 0 aliphatic rings. The molecule has 2 amide bonds. The quantitative estimate of drug-likeness (QED) is 0.401. The third-order valence-electron chi connectivity index (χ3n) is 1.31. The topological polar surface area (TPSA) is 116 Å². The summed E-state index contributed by atoms with van der Waals surface area (Å²) < 4.78 is 0. The second kappa shape index (κ2) is 5.92. The zero-order valence-electron chi connectivity index (χ0n) is 7.61. The number of carbonyl (C=O) groups excluding carboxylic acids is 2. The molecule has 0 rings (SSSR count). The minimum Gasteiger partial charge on any atom is -0.480 e. The maximum Gasteiger partial charge on any atom is 0.328 e. The lowest BCUT2D eigenvalue weighted by atomic mass is 10.3. The van der Waals surface area contributed by atoms with Crippen LogP contribution in [0.2, 0.25) is 0 Å². The number of carboxylic acids is 1. The van der Waals surface area contributed by atoms with Crippen LogP contribution in [0, 0.1) is 0 Å². The van der Waals surface area contributed by atoms with Crippen LogP contribution in [-0.2, 0) is 14.4 Å². The summed E-state index contributed by atoms with van der Waals surface area (Å²) in [5.41, 5.74) is 0. The molecule has 0 aromatic carbocycles. The van der Waals surface area contributed by atoms with Gasteiger partial charge >= 0.3 is 5.97 Å². The van der Waals surface area contributed by atoms with Gasteiger partial charge in [-0.15, -0.1) is 0 Å². The molecule has 0 aliphatic heterocycles. The minimum absolute atomic E-state index is 0.306. The van der Waals surface area contributed by atoms with Crippen molar-refractivity contribution in [2.75, 3.05) is 13.2 Å². The zero-order valence-corrected chi connectivity index (χ0v) is 7.61. The molecule has 4 N–H and O–H groups in total. The van der Waals surface area contributed by atoms with Gasteiger partial charge in [0.1, 0.15) is 6.04 Å². The molecule has 0 aromatic heterocycles. The van der Waals surface area contributed by atoms with Gasteiger partial charge < -0.3 is 20.8 Å². The Balaban J connectivity index is 3.91. The molecule has 0 saturated carbocycles. The monoisotopic (exact) mass is 204 g/mol. The lowest BCUT2D eigenvalue weighted by Gasteiger charge is -2.11. The van der Waals surface area contributed by atoms with E-state index in [9.17, 15) is 14.4 Å². The molecule has 0 unspecified atom stereocenters. The number of nitrogens with one attached hydrogen (secondary N) is 2. The van der Waals surface area contributed by atoms with Crippen molar-refractivity contribution in [3.8, 4) is 0 Å². The van der Waals surface area contributed by atoms with Crippen molar-refractivity contribution < 1.29 is 24.6 Å². The second-order valence-electron chi connectivity index (χ2n) is 2.55. The Hall–Kier alpha value is -1.63. The summed E-state index contributed by atoms with van der Waals surface area (Å²) in [6, 6.07) is -1.34. The van der Waals surface area contributed by atoms with E-state index in [4.69, 9.17) is 10.2 Å². The number of aliphatic carboxylic acids is 1. The third-order valence-corrected chi connectivity index (χ3v) is 1.31. The fraction of sp³-hybridized carbons (Fsp3) is 0.571. The molecular formula is C7H12N2O5. The molecule has 0 aromatic rings. The van der Waals surface area contributed by atoms with Crippen LogP contribution in [0.4, 0.5) is 0 Å². The van der Waals surface area contributed by atoms with Gasteiger partial charge in [-0.1, -0.05) is 0 Å². The zero-order chi connectivity index (χ0) is 11.1. The summed E-state index contributed by atoms with van der Waals surface area (Å²) in [7, 11) is 0. The Kier molecular flexibility index (Phi) is 5.23. The normalized spacial score (nSPS) is 11.6. The summed E-state index contributed by atoms with van der Waals surface area (Å²) in [6.45, 7) is 0.230. The minimum atomic E-state index is -1.34. The van der Waals surface area contributed by atoms with Crippen LogP contribution in [-0.4, -0.2) is 47.2 Å². The van der Waals surface area contributed by atoms with Crippen molar-refractivity contribution in [2.24, 2.45) is 0 Å². The molecule has 80 valence electrons. The Morgan fingerprint density at radius 2 is 1.93 bits per heavy atom. The Morgan fingerprint density at radius 1 is 1.36 bits per heavy atom. The number of carbonyl (C=O) groups is 3. The van der Waals surface area contributed by atoms with Crippen LogP contribution in [0.25, 0.3) is 0 Å². The molecule has 1 atom stereocenters. The van der Waals surface area contributed by atoms with Crippen molar-refractivity contribution in [3.63, 3.8) is 0 Å². The molecular weight excluding hydrogens is 192 g/mol. The predicted molar refractivity (Wildman–Crippen MR) is 45.3 cm³/mol. The molecule has 0 saturated heterocycles. The lowest BCUT2D eigenvalue weighted by molar-refractivity contribution is -0.142. The molecule has 0 fully saturated rings. The van der Waals surface area contributed by atoms with Crippen molar-refractivity contribution >= 4 is 17.8 Å². The standard InChI is InChI=1S/C7H12N2O5/c1-4(11)8-2-6(12)9-5(3-10)7(13)14/h5,10H,2-3H2,1H3,(H,8,11)(H,9,12)(H,13,14)/t5-/m1/s1. The van der Waals surface area contributed by atoms with E-state index in [0.29, 0.717) is 0 Å². The van der Waals surface area contributed by atoms with E-state index in [1.54, 1.807) is 0 Å². The van der Waals surface area contributed by atoms with Gasteiger partial charge in [0.25, 0.3) is 0 Å². The first-order valence-electron chi connectivity index (χ1n) is 3.84. The van der Waals surface area contributed by atoms with Crippen molar-refractivity contribution in [1.29, 1.82) is 0 Å². The highest BCUT2D eigenvalue weighted by Gasteiger charge is 2.18. The summed E-state index contributed by atoms with van der Waals surface area (Å²) in [6.07, 6.45) is 0. The predicted octanol–water partition coefficient (Wildman–Crippen LogP) is -2.32. The first-order valence-corrected chi connectivity index (χ1v) is 3.84. The molecule has 0 heterocycles. The molecule has 14 heavy (non-hydrogen) atoms. The maximum atomic E-state index is 10.9. The largest absolute Gasteiger partial charge is 0.480 e. The van der Waals surface area contributed by atoms with E-state index in [-0.39, 0.29) is 6.54 Å². The van der Waals surface area contributed by atoms with E-state index in [1.165, 1.54) is 6.92 Å². The summed E-state index contributed by atoms with van der Waals surface area (Å²) in [4.78, 5) is 31.6. The number of hydrogen-bond acceptors (Lipinski definition) is 4. The number of aliphatic hydroxyl groups is 1. The van der Waals surface area contributed by atoms with Crippen molar-refractivity contribution in [1.82, 2.24) is 10.6 Å². The maximum absolute atomic E-state index is 10.9. The fourth-order valence-electron chi connectivity index (χ4n) is 0.636. The van der Waals surface area contributed by atoms with Gasteiger partial charge in [0.15, 0.2) is 0 Å². The van der Waals surface area contributed by atoms with Gasteiger partial charge in [-0.2, -0.15) is 0 Å². The van der Waals surface area contributed by atoms with Crippen LogP contribution in [0.15, 0.2) is 0 Å². The van der Waals surface area contributed by atoms with Gasteiger partial charge in [0.2, 0.25) is 11.8 Å². The highest BCUT2D eigenvalue weighted by Crippen LogP contribution is 1.81. The molecule has 0 aliphatic carbocycles.